The fourth-order valence-electron chi connectivity index (χ4n) is 14.4. The van der Waals surface area contributed by atoms with Gasteiger partial charge in [-0.05, 0) is 170 Å². The maximum Gasteiger partial charge on any atom is 0.338 e. The van der Waals surface area contributed by atoms with E-state index in [1.807, 2.05) is 89.2 Å². The molecule has 676 valence electrons. The highest BCUT2D eigenvalue weighted by molar-refractivity contribution is 5.93. The molecular weight excluding hydrogens is 1590 g/mol. The smallest absolute Gasteiger partial charge is 0.338 e. The fourth-order valence-corrected chi connectivity index (χ4v) is 14.4. The lowest BCUT2D eigenvalue weighted by atomic mass is 9.87. The average Bonchev–Trinajstić information content (AvgIpc) is 0.834. The Bertz CT molecular complexity index is 4470. The van der Waals surface area contributed by atoms with Gasteiger partial charge in [-0.2, -0.15) is 0 Å². The molecule has 12 atom stereocenters. The molecule has 0 radical (unpaired) electrons. The zero-order valence-corrected chi connectivity index (χ0v) is 75.8. The monoisotopic (exact) mass is 1720 g/mol. The van der Waals surface area contributed by atoms with E-state index in [0.717, 1.165) is 76.2 Å². The zero-order valence-electron chi connectivity index (χ0n) is 75.8. The van der Waals surface area contributed by atoms with E-state index < -0.39 is 60.0 Å². The summed E-state index contributed by atoms with van der Waals surface area (Å²) in [6.07, 6.45) is 18.2. The van der Waals surface area contributed by atoms with Gasteiger partial charge in [0.2, 0.25) is 0 Å². The molecule has 0 bridgehead atoms. The highest BCUT2D eigenvalue weighted by Crippen LogP contribution is 2.33. The Kier molecular flexibility index (Phi) is 51.3. The van der Waals surface area contributed by atoms with Crippen LogP contribution in [-0.4, -0.2) is 118 Å². The summed E-state index contributed by atoms with van der Waals surface area (Å²) in [6.45, 7) is 38.7. The Labute approximate surface area is 749 Å². The molecule has 8 rings (SSSR count). The standard InChI is InChI=1S/C25H30O4.3C24H28O4.C11H22O2/c1-4-6-18-22(19(3)28-24(26)20-14-9-7-10-15-20)23(13-5-2)29-25(27)21-16-11-8-12-17-21;1-4-11-18(2)16-22(28-24(26)21-14-9-6-10-15-21)17-19(3)27-23(25)20-12-7-5-8-13-20;1-4-16-24(17-5-2,28-23(26)21-14-10-7-11-15-21)18-19(3)27-22(25)20-12-8-6-9-13-20;1-4-12-19(5-2)22(28-24(26)21-15-10-7-11-16-21)17-18(3)27-23(25)20-13-8-6-9-14-20;1-4-6-8-11(13,7-5-2)9-10(3)12/h5,7-12,14-17,19,22-23H,2,4,6,13,18H2,1,3H3;5-10,12-15,19,22H,2,4,11,16-17H2,1,3H3;4,6-15,19H,1,5,16-18H2,2-3H3;5-11,13-16,18-19,22H,2,4,12,17H2,1,3H3;5,10,12-13H,2,4,6-9H2,1,3H3. The predicted octanol–water partition coefficient (Wildman–Crippen LogP) is 24.7. The van der Waals surface area contributed by atoms with Crippen LogP contribution in [0.2, 0.25) is 0 Å². The zero-order chi connectivity index (χ0) is 92.5. The molecule has 8 aromatic rings. The van der Waals surface area contributed by atoms with Gasteiger partial charge in [-0.15, -0.1) is 26.3 Å². The number of unbranched alkanes of at least 4 members (excludes halogenated alkanes) is 2. The van der Waals surface area contributed by atoms with Gasteiger partial charge >= 0.3 is 47.8 Å². The Morgan fingerprint density at radius 2 is 0.730 bits per heavy atom. The Morgan fingerprint density at radius 1 is 0.373 bits per heavy atom. The van der Waals surface area contributed by atoms with Crippen LogP contribution in [0, 0.1) is 11.8 Å². The molecule has 0 spiro atoms. The van der Waals surface area contributed by atoms with Gasteiger partial charge in [0, 0.05) is 56.8 Å². The molecule has 0 amide bonds. The van der Waals surface area contributed by atoms with Crippen molar-refractivity contribution in [2.45, 2.75) is 258 Å². The highest BCUT2D eigenvalue weighted by Gasteiger charge is 2.37. The molecule has 0 saturated carbocycles. The number of carbonyl (C=O) groups excluding carboxylic acids is 8. The second kappa shape index (κ2) is 60.7. The number of benzene rings is 8. The number of esters is 8. The SMILES string of the molecule is C=C(CCC)CC(CC(C)OC(=O)c1ccccc1)OC(=O)c1ccccc1.C=CC(CCC)C(CC(C)OC(=O)c1ccccc1)OC(=O)c1ccccc1.C=CCC(CCC)(CC(C)OC(=O)c1ccccc1)OC(=O)c1ccccc1.C=CCC(O)(CCCC)CC(C)O.C=CCC(OC(=O)c1ccccc1)C(CCCC)C(C)OC(=O)c1ccccc1. The minimum Gasteiger partial charge on any atom is -0.459 e. The first kappa shape index (κ1) is 106. The van der Waals surface area contributed by atoms with E-state index in [0.29, 0.717) is 102 Å². The topological polar surface area (TPSA) is 251 Å². The second-order valence-corrected chi connectivity index (χ2v) is 31.7. The van der Waals surface area contributed by atoms with Crippen molar-refractivity contribution in [1.29, 1.82) is 0 Å². The summed E-state index contributed by atoms with van der Waals surface area (Å²) in [5.41, 5.74) is 3.54. The number of carbonyl (C=O) groups is 8. The van der Waals surface area contributed by atoms with Crippen molar-refractivity contribution in [3.8, 4) is 0 Å². The summed E-state index contributed by atoms with van der Waals surface area (Å²) in [5, 5.41) is 19.3. The fraction of sp³-hybridized carbons (Fsp3) is 0.389. The van der Waals surface area contributed by atoms with E-state index in [1.54, 1.807) is 219 Å². The quantitative estimate of drug-likeness (QED) is 0.0204. The molecule has 126 heavy (non-hydrogen) atoms. The largest absolute Gasteiger partial charge is 0.459 e. The van der Waals surface area contributed by atoms with Crippen LogP contribution in [-0.2, 0) is 37.9 Å². The van der Waals surface area contributed by atoms with Gasteiger partial charge in [0.25, 0.3) is 0 Å². The number of hydrogen-bond donors (Lipinski definition) is 2. The van der Waals surface area contributed by atoms with Crippen LogP contribution in [0.15, 0.2) is 305 Å². The van der Waals surface area contributed by atoms with Gasteiger partial charge in [0.15, 0.2) is 0 Å². The van der Waals surface area contributed by atoms with Gasteiger partial charge in [-0.1, -0.05) is 262 Å². The van der Waals surface area contributed by atoms with E-state index in [9.17, 15) is 48.6 Å². The summed E-state index contributed by atoms with van der Waals surface area (Å²) in [6, 6.07) is 71.1. The van der Waals surface area contributed by atoms with Crippen molar-refractivity contribution in [3.05, 3.63) is 350 Å². The lowest BCUT2D eigenvalue weighted by Crippen LogP contribution is -2.39. The molecule has 0 aliphatic rings. The van der Waals surface area contributed by atoms with E-state index in [2.05, 4.69) is 60.6 Å². The molecule has 0 fully saturated rings. The Hall–Kier alpha value is -11.9. The van der Waals surface area contributed by atoms with E-state index in [1.165, 1.54) is 0 Å². The lowest BCUT2D eigenvalue weighted by Gasteiger charge is -2.34. The summed E-state index contributed by atoms with van der Waals surface area (Å²) in [7, 11) is 0. The first-order valence-electron chi connectivity index (χ1n) is 44.3. The van der Waals surface area contributed by atoms with Crippen molar-refractivity contribution in [3.63, 3.8) is 0 Å². The molecule has 0 aliphatic heterocycles. The molecule has 0 saturated heterocycles. The highest BCUT2D eigenvalue weighted by atomic mass is 16.6. The molecule has 0 aliphatic carbocycles. The number of ether oxygens (including phenoxy) is 8. The second-order valence-electron chi connectivity index (χ2n) is 31.7. The first-order valence-corrected chi connectivity index (χ1v) is 44.3. The van der Waals surface area contributed by atoms with E-state index in [-0.39, 0.29) is 59.6 Å². The van der Waals surface area contributed by atoms with Crippen LogP contribution in [0.5, 0.6) is 0 Å². The molecule has 18 heteroatoms. The van der Waals surface area contributed by atoms with Gasteiger partial charge < -0.3 is 48.1 Å². The van der Waals surface area contributed by atoms with E-state index >= 15 is 0 Å². The van der Waals surface area contributed by atoms with E-state index in [4.69, 9.17) is 37.9 Å². The summed E-state index contributed by atoms with van der Waals surface area (Å²) in [5.74, 6) is -3.15. The number of aliphatic hydroxyl groups is 2. The molecule has 2 N–H and O–H groups in total. The summed E-state index contributed by atoms with van der Waals surface area (Å²) in [4.78, 5) is 99.7. The first-order chi connectivity index (χ1) is 60.6. The Balaban J connectivity index is 0.000000336. The third kappa shape index (κ3) is 41.3. The molecule has 0 heterocycles. The normalized spacial score (nSPS) is 13.9. The molecule has 0 aromatic heterocycles. The summed E-state index contributed by atoms with van der Waals surface area (Å²) < 4.78 is 45.8. The van der Waals surface area contributed by atoms with Gasteiger partial charge in [-0.3, -0.25) is 0 Å². The van der Waals surface area contributed by atoms with Crippen molar-refractivity contribution in [2.24, 2.45) is 11.8 Å². The average molecular weight is 1720 g/mol. The van der Waals surface area contributed by atoms with Crippen molar-refractivity contribution in [2.75, 3.05) is 0 Å². The molecular formula is C108H136O18. The van der Waals surface area contributed by atoms with Crippen LogP contribution in [0.25, 0.3) is 0 Å². The third-order valence-corrected chi connectivity index (χ3v) is 20.5. The van der Waals surface area contributed by atoms with Crippen molar-refractivity contribution in [1.82, 2.24) is 0 Å². The number of aliphatic hydroxyl groups excluding tert-OH is 1. The number of hydrogen-bond acceptors (Lipinski definition) is 18. The molecule has 8 aromatic carbocycles. The van der Waals surface area contributed by atoms with Crippen LogP contribution in [0.4, 0.5) is 0 Å². The van der Waals surface area contributed by atoms with Crippen molar-refractivity contribution >= 4 is 47.8 Å². The van der Waals surface area contributed by atoms with Crippen LogP contribution < -0.4 is 0 Å². The Morgan fingerprint density at radius 3 is 1.08 bits per heavy atom. The predicted molar refractivity (Wildman–Crippen MR) is 501 cm³/mol. The molecule has 18 nitrogen and oxygen atoms in total. The maximum atomic E-state index is 12.7. The minimum absolute atomic E-state index is 0.00413. The van der Waals surface area contributed by atoms with Crippen LogP contribution in [0.1, 0.15) is 281 Å². The minimum atomic E-state index is -0.764. The van der Waals surface area contributed by atoms with Crippen molar-refractivity contribution < 1.29 is 86.5 Å². The third-order valence-electron chi connectivity index (χ3n) is 20.5. The van der Waals surface area contributed by atoms with Gasteiger partial charge in [0.1, 0.15) is 48.3 Å². The maximum absolute atomic E-state index is 12.7. The molecule has 12 unspecified atom stereocenters. The van der Waals surface area contributed by atoms with Gasteiger partial charge in [0.05, 0.1) is 56.2 Å². The lowest BCUT2D eigenvalue weighted by molar-refractivity contribution is -0.0492. The van der Waals surface area contributed by atoms with Crippen LogP contribution >= 0.6 is 0 Å². The number of rotatable bonds is 48. The van der Waals surface area contributed by atoms with Gasteiger partial charge in [-0.25, -0.2) is 38.4 Å². The van der Waals surface area contributed by atoms with Crippen LogP contribution in [0.3, 0.4) is 0 Å². The summed E-state index contributed by atoms with van der Waals surface area (Å²) >= 11 is 0.